The van der Waals surface area contributed by atoms with Crippen molar-refractivity contribution in [1.29, 1.82) is 0 Å². The minimum Gasteiger partial charge on any atom is -0.459 e. The summed E-state index contributed by atoms with van der Waals surface area (Å²) in [5.74, 6) is 1.96. The lowest BCUT2D eigenvalue weighted by Crippen LogP contribution is -2.30. The standard InChI is InChI=1S/C12H9F3N2O4.C10H7F3N4O3.CH4/c1-2-19-11(18)10-16-9(17-21-10)7-3-5-8(6-4-7)20-12(13,14)15;11-10(12,13)19-6-3-1-5(2-4-6)7-15-9(20-17-7)8(18)16-14;/h3-6H,2H2,1H3;1-4H,14H2,(H,16,18);1H4. The zero-order valence-electron chi connectivity index (χ0n) is 20.3. The average molecular weight is 606 g/mol. The van der Waals surface area contributed by atoms with E-state index < -0.39 is 24.6 Å². The third kappa shape index (κ3) is 9.77. The molecule has 2 heterocycles. The molecule has 0 fully saturated rings. The molecular formula is C23H20F6N6O7. The average Bonchev–Trinajstić information content (AvgIpc) is 3.59. The molecule has 0 radical (unpaired) electrons. The van der Waals surface area contributed by atoms with Gasteiger partial charge in [0.1, 0.15) is 11.5 Å². The largest absolute Gasteiger partial charge is 0.573 e. The number of nitrogens with one attached hydrogen (secondary N) is 1. The van der Waals surface area contributed by atoms with Crippen LogP contribution in [-0.2, 0) is 4.74 Å². The van der Waals surface area contributed by atoms with Gasteiger partial charge in [-0.25, -0.2) is 10.6 Å². The maximum Gasteiger partial charge on any atom is 0.573 e. The SMILES string of the molecule is C.CCOC(=O)c1nc(-c2ccc(OC(F)(F)F)cc2)no1.NNC(=O)c1nc(-c2ccc(OC(F)(F)F)cc2)no1. The van der Waals surface area contributed by atoms with Crippen molar-refractivity contribution in [3.05, 3.63) is 60.3 Å². The number of carbonyl (C=O) groups excluding carboxylic acids is 2. The van der Waals surface area contributed by atoms with E-state index in [0.29, 0.717) is 11.1 Å². The highest BCUT2D eigenvalue weighted by Gasteiger charge is 2.31. The fourth-order valence-electron chi connectivity index (χ4n) is 2.72. The van der Waals surface area contributed by atoms with Gasteiger partial charge in [0.05, 0.1) is 6.61 Å². The molecule has 3 N–H and O–H groups in total. The normalized spacial score (nSPS) is 11.0. The van der Waals surface area contributed by atoms with Crippen LogP contribution in [0.25, 0.3) is 22.8 Å². The number of benzene rings is 2. The Hall–Kier alpha value is -5.20. The number of hydrogen-bond donors (Lipinski definition) is 2. The van der Waals surface area contributed by atoms with Crippen molar-refractivity contribution in [3.8, 4) is 34.3 Å². The van der Waals surface area contributed by atoms with E-state index in [4.69, 9.17) is 10.4 Å². The number of hydrogen-bond acceptors (Lipinski definition) is 12. The molecule has 0 spiro atoms. The summed E-state index contributed by atoms with van der Waals surface area (Å²) >= 11 is 0. The second-order valence-electron chi connectivity index (χ2n) is 7.18. The molecule has 19 heteroatoms. The molecule has 2 aromatic carbocycles. The minimum absolute atomic E-state index is 0. The van der Waals surface area contributed by atoms with Crippen molar-refractivity contribution < 1.29 is 59.2 Å². The van der Waals surface area contributed by atoms with Gasteiger partial charge in [0.25, 0.3) is 0 Å². The number of rotatable bonds is 7. The van der Waals surface area contributed by atoms with Crippen LogP contribution >= 0.6 is 0 Å². The van der Waals surface area contributed by atoms with E-state index in [-0.39, 0.29) is 49.0 Å². The molecule has 0 aliphatic heterocycles. The van der Waals surface area contributed by atoms with Gasteiger partial charge in [-0.2, -0.15) is 9.97 Å². The number of halogens is 6. The first-order chi connectivity index (χ1) is 19.3. The Bertz CT molecular complexity index is 1450. The van der Waals surface area contributed by atoms with Gasteiger partial charge in [-0.05, 0) is 55.5 Å². The van der Waals surface area contributed by atoms with E-state index in [2.05, 4.69) is 39.0 Å². The number of aromatic nitrogens is 4. The third-order valence-electron chi connectivity index (χ3n) is 4.32. The Morgan fingerprint density at radius 1 is 0.786 bits per heavy atom. The number of alkyl halides is 6. The molecule has 4 aromatic rings. The van der Waals surface area contributed by atoms with Crippen LogP contribution in [-0.4, -0.2) is 51.5 Å². The smallest absolute Gasteiger partial charge is 0.459 e. The van der Waals surface area contributed by atoms with Crippen LogP contribution in [0.1, 0.15) is 35.7 Å². The van der Waals surface area contributed by atoms with Gasteiger partial charge in [-0.1, -0.05) is 17.7 Å². The first-order valence-electron chi connectivity index (χ1n) is 10.9. The molecule has 0 saturated heterocycles. The topological polar surface area (TPSA) is 178 Å². The Labute approximate surface area is 231 Å². The van der Waals surface area contributed by atoms with Gasteiger partial charge < -0.3 is 23.3 Å². The number of hydrazine groups is 1. The highest BCUT2D eigenvalue weighted by Crippen LogP contribution is 2.26. The summed E-state index contributed by atoms with van der Waals surface area (Å²) in [5, 5.41) is 7.04. The number of nitrogen functional groups attached to an aromatic ring is 1. The van der Waals surface area contributed by atoms with Crippen molar-refractivity contribution in [2.24, 2.45) is 5.84 Å². The fourth-order valence-corrected chi connectivity index (χ4v) is 2.72. The number of nitrogens with zero attached hydrogens (tertiary/aromatic N) is 4. The highest BCUT2D eigenvalue weighted by molar-refractivity contribution is 5.89. The van der Waals surface area contributed by atoms with E-state index in [1.807, 2.05) is 0 Å². The summed E-state index contributed by atoms with van der Waals surface area (Å²) in [4.78, 5) is 29.9. The zero-order valence-corrected chi connectivity index (χ0v) is 20.3. The van der Waals surface area contributed by atoms with Crippen LogP contribution in [0.15, 0.2) is 57.6 Å². The van der Waals surface area contributed by atoms with Crippen molar-refractivity contribution in [2.45, 2.75) is 27.1 Å². The Kier molecular flexibility index (Phi) is 10.9. The van der Waals surface area contributed by atoms with Gasteiger partial charge in [0, 0.05) is 11.1 Å². The number of nitrogens with two attached hydrogens (primary N) is 1. The Balaban J connectivity index is 0.000000287. The third-order valence-corrected chi connectivity index (χ3v) is 4.32. The van der Waals surface area contributed by atoms with Crippen LogP contribution in [0.5, 0.6) is 11.5 Å². The summed E-state index contributed by atoms with van der Waals surface area (Å²) in [7, 11) is 0. The molecular weight excluding hydrogens is 586 g/mol. The number of carbonyl (C=O) groups is 2. The molecule has 2 aromatic heterocycles. The summed E-state index contributed by atoms with van der Waals surface area (Å²) in [6.07, 6.45) is -9.52. The maximum absolute atomic E-state index is 12.0. The first-order valence-corrected chi connectivity index (χ1v) is 10.9. The zero-order chi connectivity index (χ0) is 30.2. The molecule has 4 rings (SSSR count). The highest BCUT2D eigenvalue weighted by atomic mass is 19.4. The fraction of sp³-hybridized carbons (Fsp3) is 0.217. The predicted octanol–water partition coefficient (Wildman–Crippen LogP) is 4.69. The molecule has 0 aliphatic rings. The van der Waals surface area contributed by atoms with Gasteiger partial charge in [-0.3, -0.25) is 10.2 Å². The summed E-state index contributed by atoms with van der Waals surface area (Å²) in [6, 6.07) is 9.56. The molecule has 226 valence electrons. The van der Waals surface area contributed by atoms with Gasteiger partial charge in [0.2, 0.25) is 11.6 Å². The minimum atomic E-state index is -4.76. The quantitative estimate of drug-likeness (QED) is 0.0977. The second kappa shape index (κ2) is 13.9. The van der Waals surface area contributed by atoms with E-state index in [9.17, 15) is 35.9 Å². The summed E-state index contributed by atoms with van der Waals surface area (Å²) in [5.41, 5.74) is 2.51. The maximum atomic E-state index is 12.0. The van der Waals surface area contributed by atoms with Crippen LogP contribution < -0.4 is 20.7 Å². The molecule has 13 nitrogen and oxygen atoms in total. The van der Waals surface area contributed by atoms with Crippen LogP contribution in [0.2, 0.25) is 0 Å². The van der Waals surface area contributed by atoms with E-state index >= 15 is 0 Å². The van der Waals surface area contributed by atoms with Crippen molar-refractivity contribution in [1.82, 2.24) is 25.7 Å². The number of esters is 1. The lowest BCUT2D eigenvalue weighted by atomic mass is 10.2. The van der Waals surface area contributed by atoms with Gasteiger partial charge >= 0.3 is 36.4 Å². The second-order valence-corrected chi connectivity index (χ2v) is 7.18. The lowest BCUT2D eigenvalue weighted by Gasteiger charge is -2.08. The molecule has 42 heavy (non-hydrogen) atoms. The summed E-state index contributed by atoms with van der Waals surface area (Å²) in [6.45, 7) is 1.77. The van der Waals surface area contributed by atoms with Gasteiger partial charge in [-0.15, -0.1) is 26.3 Å². The van der Waals surface area contributed by atoms with E-state index in [1.165, 1.54) is 24.3 Å². The first kappa shape index (κ1) is 33.0. The molecule has 0 unspecified atom stereocenters. The number of amides is 1. The van der Waals surface area contributed by atoms with Crippen molar-refractivity contribution in [3.63, 3.8) is 0 Å². The number of ether oxygens (including phenoxy) is 3. The predicted molar refractivity (Wildman–Crippen MR) is 127 cm³/mol. The van der Waals surface area contributed by atoms with Crippen LogP contribution in [0.3, 0.4) is 0 Å². The van der Waals surface area contributed by atoms with Crippen LogP contribution in [0.4, 0.5) is 26.3 Å². The molecule has 1 amide bonds. The summed E-state index contributed by atoms with van der Waals surface area (Å²) < 4.78 is 93.4. The Morgan fingerprint density at radius 2 is 1.19 bits per heavy atom. The van der Waals surface area contributed by atoms with E-state index in [0.717, 1.165) is 24.3 Å². The van der Waals surface area contributed by atoms with Crippen molar-refractivity contribution in [2.75, 3.05) is 6.61 Å². The molecule has 0 bridgehead atoms. The van der Waals surface area contributed by atoms with E-state index in [1.54, 1.807) is 12.3 Å². The van der Waals surface area contributed by atoms with Crippen molar-refractivity contribution >= 4 is 11.9 Å². The lowest BCUT2D eigenvalue weighted by molar-refractivity contribution is -0.275. The Morgan fingerprint density at radius 3 is 1.57 bits per heavy atom. The molecule has 0 atom stereocenters. The van der Waals surface area contributed by atoms with Crippen LogP contribution in [0, 0.1) is 0 Å². The molecule has 0 aliphatic carbocycles. The molecule has 0 saturated carbocycles. The van der Waals surface area contributed by atoms with Gasteiger partial charge in [0.15, 0.2) is 0 Å². The monoisotopic (exact) mass is 606 g/mol.